The molecule has 0 spiro atoms. The lowest BCUT2D eigenvalue weighted by atomic mass is 9.98. The monoisotopic (exact) mass is 301 g/mol. The summed E-state index contributed by atoms with van der Waals surface area (Å²) in [5.74, 6) is 0.406. The summed E-state index contributed by atoms with van der Waals surface area (Å²) in [6.45, 7) is 1.46. The summed E-state index contributed by atoms with van der Waals surface area (Å²) in [6.07, 6.45) is 2.15. The summed E-state index contributed by atoms with van der Waals surface area (Å²) in [7, 11) is 1.64. The SMILES string of the molecule is Cn1c(=O)oc2c(C(=O)N3CC4CCC(N)C4C3)cccc21. The molecule has 2 heterocycles. The van der Waals surface area contributed by atoms with Crippen molar-refractivity contribution in [1.82, 2.24) is 9.47 Å². The number of aromatic nitrogens is 1. The molecule has 1 aromatic carbocycles. The van der Waals surface area contributed by atoms with Gasteiger partial charge in [-0.05, 0) is 36.8 Å². The van der Waals surface area contributed by atoms with Gasteiger partial charge in [-0.2, -0.15) is 0 Å². The molecule has 6 nitrogen and oxygen atoms in total. The Morgan fingerprint density at radius 2 is 2.14 bits per heavy atom. The molecule has 4 rings (SSSR count). The molecule has 1 aliphatic heterocycles. The van der Waals surface area contributed by atoms with Crippen LogP contribution in [-0.4, -0.2) is 34.5 Å². The minimum Gasteiger partial charge on any atom is -0.407 e. The first-order chi connectivity index (χ1) is 10.6. The first kappa shape index (κ1) is 13.6. The Kier molecular flexibility index (Phi) is 2.91. The number of para-hydroxylation sites is 1. The second kappa shape index (κ2) is 4.71. The highest BCUT2D eigenvalue weighted by Gasteiger charge is 2.42. The van der Waals surface area contributed by atoms with Crippen LogP contribution in [0.25, 0.3) is 11.1 Å². The van der Waals surface area contributed by atoms with E-state index < -0.39 is 5.76 Å². The van der Waals surface area contributed by atoms with Crippen molar-refractivity contribution >= 4 is 17.0 Å². The smallest absolute Gasteiger partial charge is 0.407 e. The van der Waals surface area contributed by atoms with Crippen LogP contribution >= 0.6 is 0 Å². The molecule has 1 aliphatic carbocycles. The lowest BCUT2D eigenvalue weighted by Gasteiger charge is -2.18. The van der Waals surface area contributed by atoms with Crippen molar-refractivity contribution in [3.8, 4) is 0 Å². The first-order valence-corrected chi connectivity index (χ1v) is 7.69. The molecule has 1 saturated heterocycles. The molecule has 3 unspecified atom stereocenters. The number of carbonyl (C=O) groups is 1. The maximum Gasteiger partial charge on any atom is 0.419 e. The third-order valence-electron chi connectivity index (χ3n) is 5.25. The van der Waals surface area contributed by atoms with Crippen molar-refractivity contribution in [2.24, 2.45) is 24.6 Å². The summed E-state index contributed by atoms with van der Waals surface area (Å²) >= 11 is 0. The topological polar surface area (TPSA) is 81.5 Å². The van der Waals surface area contributed by atoms with Gasteiger partial charge >= 0.3 is 5.76 Å². The predicted molar refractivity (Wildman–Crippen MR) is 81.5 cm³/mol. The fourth-order valence-corrected chi connectivity index (χ4v) is 3.96. The summed E-state index contributed by atoms with van der Waals surface area (Å²) in [6, 6.07) is 5.49. The molecule has 3 atom stereocenters. The number of hydrogen-bond acceptors (Lipinski definition) is 4. The molecule has 2 aliphatic rings. The molecule has 1 aromatic heterocycles. The van der Waals surface area contributed by atoms with Gasteiger partial charge in [-0.3, -0.25) is 9.36 Å². The lowest BCUT2D eigenvalue weighted by molar-refractivity contribution is 0.0780. The Hall–Kier alpha value is -2.08. The number of benzene rings is 1. The van der Waals surface area contributed by atoms with Crippen molar-refractivity contribution in [2.45, 2.75) is 18.9 Å². The number of oxazole rings is 1. The summed E-state index contributed by atoms with van der Waals surface area (Å²) < 4.78 is 6.68. The minimum atomic E-state index is -0.449. The average molecular weight is 301 g/mol. The zero-order chi connectivity index (χ0) is 15.4. The molecule has 2 N–H and O–H groups in total. The van der Waals surface area contributed by atoms with Crippen LogP contribution in [0.3, 0.4) is 0 Å². The molecule has 0 radical (unpaired) electrons. The largest absolute Gasteiger partial charge is 0.419 e. The van der Waals surface area contributed by atoms with Gasteiger partial charge in [0.1, 0.15) is 0 Å². The van der Waals surface area contributed by atoms with Crippen LogP contribution in [0.4, 0.5) is 0 Å². The van der Waals surface area contributed by atoms with Gasteiger partial charge in [0.25, 0.3) is 5.91 Å². The van der Waals surface area contributed by atoms with Gasteiger partial charge in [-0.15, -0.1) is 0 Å². The van der Waals surface area contributed by atoms with Crippen LogP contribution in [-0.2, 0) is 7.05 Å². The van der Waals surface area contributed by atoms with E-state index in [1.54, 1.807) is 25.2 Å². The molecular weight excluding hydrogens is 282 g/mol. The van der Waals surface area contributed by atoms with Crippen molar-refractivity contribution in [3.63, 3.8) is 0 Å². The van der Waals surface area contributed by atoms with E-state index in [1.165, 1.54) is 4.57 Å². The molecule has 1 amide bonds. The number of hydrogen-bond donors (Lipinski definition) is 1. The minimum absolute atomic E-state index is 0.0680. The van der Waals surface area contributed by atoms with E-state index in [-0.39, 0.29) is 11.9 Å². The Balaban J connectivity index is 1.69. The fraction of sp³-hybridized carbons (Fsp3) is 0.500. The molecule has 2 fully saturated rings. The quantitative estimate of drug-likeness (QED) is 0.850. The Morgan fingerprint density at radius 3 is 2.91 bits per heavy atom. The number of rotatable bonds is 1. The maximum absolute atomic E-state index is 12.8. The first-order valence-electron chi connectivity index (χ1n) is 7.69. The van der Waals surface area contributed by atoms with Gasteiger partial charge in [-0.1, -0.05) is 6.07 Å². The van der Waals surface area contributed by atoms with Gasteiger partial charge in [0.15, 0.2) is 5.58 Å². The van der Waals surface area contributed by atoms with Gasteiger partial charge in [0, 0.05) is 26.2 Å². The van der Waals surface area contributed by atoms with Gasteiger partial charge < -0.3 is 15.1 Å². The number of amides is 1. The Morgan fingerprint density at radius 1 is 1.32 bits per heavy atom. The van der Waals surface area contributed by atoms with E-state index in [4.69, 9.17) is 10.2 Å². The third kappa shape index (κ3) is 1.83. The fourth-order valence-electron chi connectivity index (χ4n) is 3.96. The van der Waals surface area contributed by atoms with E-state index >= 15 is 0 Å². The molecule has 0 bridgehead atoms. The van der Waals surface area contributed by atoms with E-state index in [1.807, 2.05) is 4.90 Å². The number of fused-ring (bicyclic) bond motifs is 2. The number of nitrogens with zero attached hydrogens (tertiary/aromatic N) is 2. The lowest BCUT2D eigenvalue weighted by Crippen LogP contribution is -2.33. The molecular formula is C16H19N3O3. The van der Waals surface area contributed by atoms with E-state index in [0.29, 0.717) is 35.0 Å². The summed E-state index contributed by atoms with van der Waals surface area (Å²) in [5, 5.41) is 0. The van der Waals surface area contributed by atoms with E-state index in [2.05, 4.69) is 0 Å². The van der Waals surface area contributed by atoms with Gasteiger partial charge in [0.05, 0.1) is 11.1 Å². The summed E-state index contributed by atoms with van der Waals surface area (Å²) in [5.41, 5.74) is 7.62. The van der Waals surface area contributed by atoms with E-state index in [0.717, 1.165) is 19.4 Å². The van der Waals surface area contributed by atoms with Crippen molar-refractivity contribution in [2.75, 3.05) is 13.1 Å². The molecule has 2 aromatic rings. The maximum atomic E-state index is 12.8. The standard InChI is InChI=1S/C16H19N3O3/c1-18-13-4-2-3-10(14(13)22-16(18)21)15(20)19-7-9-5-6-12(17)11(9)8-19/h2-4,9,11-12H,5-8,17H2,1H3. The zero-order valence-electron chi connectivity index (χ0n) is 12.5. The second-order valence-electron chi connectivity index (χ2n) is 6.46. The second-order valence-corrected chi connectivity index (χ2v) is 6.46. The number of likely N-dealkylation sites (tertiary alicyclic amines) is 1. The van der Waals surface area contributed by atoms with Crippen molar-refractivity contribution < 1.29 is 9.21 Å². The van der Waals surface area contributed by atoms with E-state index in [9.17, 15) is 9.59 Å². The van der Waals surface area contributed by atoms with Crippen LogP contribution in [0.5, 0.6) is 0 Å². The molecule has 1 saturated carbocycles. The van der Waals surface area contributed by atoms with Crippen molar-refractivity contribution in [3.05, 3.63) is 34.3 Å². The highest BCUT2D eigenvalue weighted by atomic mass is 16.4. The van der Waals surface area contributed by atoms with Crippen LogP contribution in [0.2, 0.25) is 0 Å². The van der Waals surface area contributed by atoms with Crippen LogP contribution in [0.1, 0.15) is 23.2 Å². The van der Waals surface area contributed by atoms with Gasteiger partial charge in [-0.25, -0.2) is 4.79 Å². The van der Waals surface area contributed by atoms with Crippen LogP contribution in [0, 0.1) is 11.8 Å². The molecule has 22 heavy (non-hydrogen) atoms. The average Bonchev–Trinajstić information content (AvgIpc) is 3.15. The summed E-state index contributed by atoms with van der Waals surface area (Å²) in [4.78, 5) is 26.4. The predicted octanol–water partition coefficient (Wildman–Crippen LogP) is 0.941. The Labute approximate surface area is 127 Å². The number of nitrogens with two attached hydrogens (primary N) is 1. The molecule has 6 heteroatoms. The van der Waals surface area contributed by atoms with Gasteiger partial charge in [0.2, 0.25) is 0 Å². The number of aryl methyl sites for hydroxylation is 1. The molecule has 116 valence electrons. The normalized spacial score (nSPS) is 27.5. The Bertz CT molecular complexity index is 807. The number of carbonyl (C=O) groups excluding carboxylic acids is 1. The van der Waals surface area contributed by atoms with Crippen LogP contribution < -0.4 is 11.5 Å². The van der Waals surface area contributed by atoms with Crippen molar-refractivity contribution in [1.29, 1.82) is 0 Å². The highest BCUT2D eigenvalue weighted by molar-refractivity contribution is 6.04. The third-order valence-corrected chi connectivity index (χ3v) is 5.25. The zero-order valence-corrected chi connectivity index (χ0v) is 12.5. The van der Waals surface area contributed by atoms with Crippen LogP contribution in [0.15, 0.2) is 27.4 Å². The highest BCUT2D eigenvalue weighted by Crippen LogP contribution is 2.37.